The summed E-state index contributed by atoms with van der Waals surface area (Å²) in [6.07, 6.45) is 10.5. The van der Waals surface area contributed by atoms with Gasteiger partial charge >= 0.3 is 12.0 Å². The van der Waals surface area contributed by atoms with Gasteiger partial charge in [-0.25, -0.2) is 19.7 Å². The molecule has 0 spiro atoms. The smallest absolute Gasteiger partial charge is 0.315 e. The van der Waals surface area contributed by atoms with Gasteiger partial charge in [0.1, 0.15) is 11.3 Å². The molecule has 0 aliphatic carbocycles. The highest BCUT2D eigenvalue weighted by Crippen LogP contribution is 2.35. The van der Waals surface area contributed by atoms with Gasteiger partial charge in [-0.15, -0.1) is 11.3 Å². The number of carbonyl (C=O) groups is 3. The number of fused-ring (bicyclic) bond motifs is 4. The van der Waals surface area contributed by atoms with Crippen molar-refractivity contribution in [3.8, 4) is 17.1 Å². The predicted octanol–water partition coefficient (Wildman–Crippen LogP) is 7.73. The van der Waals surface area contributed by atoms with E-state index in [2.05, 4.69) is 62.2 Å². The highest BCUT2D eigenvalue weighted by atomic mass is 32.2. The van der Waals surface area contributed by atoms with Crippen molar-refractivity contribution in [3.63, 3.8) is 0 Å². The third-order valence-corrected chi connectivity index (χ3v) is 13.3. The molecule has 6 aromatic rings. The number of thiophene rings is 1. The van der Waals surface area contributed by atoms with Crippen LogP contribution >= 0.6 is 23.1 Å². The molecule has 13 nitrogen and oxygen atoms in total. The van der Waals surface area contributed by atoms with Crippen molar-refractivity contribution in [2.75, 3.05) is 24.2 Å². The van der Waals surface area contributed by atoms with Crippen molar-refractivity contribution in [2.24, 2.45) is 0 Å². The number of nitrogens with one attached hydrogen (secondary N) is 5. The fraction of sp³-hybridized carbons (Fsp3) is 0.429. The molecule has 8 rings (SSSR count). The quantitative estimate of drug-likeness (QED) is 0.0253. The topological polar surface area (TPSA) is 168 Å². The van der Waals surface area contributed by atoms with E-state index in [9.17, 15) is 14.4 Å². The average molecular weight is 808 g/mol. The number of rotatable bonds is 18. The number of unbranched alkanes of at least 4 members (excludes halogenated alkanes) is 3. The molecule has 2 aliphatic rings. The molecule has 2 unspecified atom stereocenters. The van der Waals surface area contributed by atoms with Crippen molar-refractivity contribution < 1.29 is 19.1 Å². The van der Waals surface area contributed by atoms with Crippen molar-refractivity contribution in [1.29, 1.82) is 0 Å². The first kappa shape index (κ1) is 38.7. The first-order valence-electron chi connectivity index (χ1n) is 20.0. The van der Waals surface area contributed by atoms with Crippen LogP contribution in [-0.2, 0) is 16.0 Å². The van der Waals surface area contributed by atoms with Crippen LogP contribution in [-0.4, -0.2) is 78.6 Å². The zero-order chi connectivity index (χ0) is 39.3. The molecule has 5 N–H and O–H groups in total. The Morgan fingerprint density at radius 2 is 1.88 bits per heavy atom. The molecular weight excluding hydrogens is 759 g/mol. The number of hydrogen-bond donors (Lipinski definition) is 5. The molecule has 2 fully saturated rings. The van der Waals surface area contributed by atoms with Crippen LogP contribution in [0.4, 0.5) is 10.6 Å². The van der Waals surface area contributed by atoms with Gasteiger partial charge in [-0.05, 0) is 75.8 Å². The minimum Gasteiger partial charge on any atom is -0.427 e. The molecule has 3 atom stereocenters. The molecule has 4 aromatic heterocycles. The fourth-order valence-corrected chi connectivity index (χ4v) is 10.3. The van der Waals surface area contributed by atoms with Crippen LogP contribution in [0.25, 0.3) is 43.5 Å². The third kappa shape index (κ3) is 8.89. The number of benzene rings is 2. The molecule has 0 radical (unpaired) electrons. The molecule has 0 saturated carbocycles. The first-order chi connectivity index (χ1) is 27.8. The number of imidazole rings is 1. The van der Waals surface area contributed by atoms with Crippen LogP contribution in [0.5, 0.6) is 5.75 Å². The second-order valence-corrected chi connectivity index (χ2v) is 17.3. The van der Waals surface area contributed by atoms with Gasteiger partial charge in [0.15, 0.2) is 17.3 Å². The molecule has 2 aromatic carbocycles. The molecule has 0 bridgehead atoms. The molecular formula is C42H49N9O4S2. The number of thioether (sulfide) groups is 1. The second-order valence-electron chi connectivity index (χ2n) is 15.2. The van der Waals surface area contributed by atoms with Crippen LogP contribution in [0.3, 0.4) is 0 Å². The monoisotopic (exact) mass is 807 g/mol. The molecule has 2 aliphatic heterocycles. The van der Waals surface area contributed by atoms with Crippen molar-refractivity contribution in [1.82, 2.24) is 40.5 Å². The summed E-state index contributed by atoms with van der Waals surface area (Å²) in [5.41, 5.74) is 4.62. The summed E-state index contributed by atoms with van der Waals surface area (Å²) in [6.45, 7) is 5.46. The summed E-state index contributed by atoms with van der Waals surface area (Å²) < 4.78 is 9.02. The molecule has 3 amide bonds. The highest BCUT2D eigenvalue weighted by Gasteiger charge is 2.42. The Bertz CT molecular complexity index is 2390. The van der Waals surface area contributed by atoms with Crippen LogP contribution in [0, 0.1) is 0 Å². The standard InChI is InChI=1S/C42H49N9O4S2/c1-25(2)51-24-46-38-40(49-39(50-41(38)51)30-22-56-33-11-6-5-10-28(30)33)44-19-17-26-21-45-31-16-15-27(20-29(26)31)55-36(53)14-4-3-9-18-43-35(52)13-8-7-12-34-37-32(23-57-34)47-42(54)48-37/h5-6,10-11,15-16,20-22,24-25,32,34,37,45H,3-4,7-9,12-14,17-19,23H2,1-2H3,(H,43,52)(H,44,49,50)(H2,47,48,54)/t32?,34-,37?/m0/s1. The lowest BCUT2D eigenvalue weighted by atomic mass is 10.0. The summed E-state index contributed by atoms with van der Waals surface area (Å²) in [4.78, 5) is 54.7. The summed E-state index contributed by atoms with van der Waals surface area (Å²) in [7, 11) is 0. The van der Waals surface area contributed by atoms with E-state index in [-0.39, 0.29) is 36.0 Å². The molecule has 2 saturated heterocycles. The van der Waals surface area contributed by atoms with Gasteiger partial charge in [0.05, 0.1) is 18.4 Å². The lowest BCUT2D eigenvalue weighted by Crippen LogP contribution is -2.36. The minimum atomic E-state index is -0.264. The molecule has 6 heterocycles. The zero-order valence-corrected chi connectivity index (χ0v) is 33.9. The van der Waals surface area contributed by atoms with Gasteiger partial charge in [-0.1, -0.05) is 31.0 Å². The van der Waals surface area contributed by atoms with E-state index in [4.69, 9.17) is 19.7 Å². The number of ether oxygens (including phenoxy) is 1. The van der Waals surface area contributed by atoms with E-state index < -0.39 is 0 Å². The number of esters is 1. The summed E-state index contributed by atoms with van der Waals surface area (Å²) in [5.74, 6) is 2.65. The maximum absolute atomic E-state index is 12.7. The molecule has 57 heavy (non-hydrogen) atoms. The Balaban J connectivity index is 0.782. The van der Waals surface area contributed by atoms with Crippen molar-refractivity contribution in [3.05, 3.63) is 65.9 Å². The summed E-state index contributed by atoms with van der Waals surface area (Å²) in [5, 5.41) is 17.2. The normalized spacial score (nSPS) is 17.7. The number of carbonyl (C=O) groups excluding carboxylic acids is 3. The van der Waals surface area contributed by atoms with Crippen LogP contribution in [0.1, 0.15) is 76.8 Å². The number of H-pyrrole nitrogens is 1. The lowest BCUT2D eigenvalue weighted by molar-refractivity contribution is -0.134. The molecule has 15 heteroatoms. The van der Waals surface area contributed by atoms with Gasteiger partial charge < -0.3 is 35.6 Å². The van der Waals surface area contributed by atoms with Crippen molar-refractivity contribution in [2.45, 2.75) is 95.0 Å². The fourth-order valence-electron chi connectivity index (χ4n) is 7.78. The Labute approximate surface area is 339 Å². The highest BCUT2D eigenvalue weighted by molar-refractivity contribution is 8.00. The van der Waals surface area contributed by atoms with Crippen molar-refractivity contribution >= 4 is 79.0 Å². The number of amides is 3. The van der Waals surface area contributed by atoms with Gasteiger partial charge in [0.25, 0.3) is 0 Å². The number of nitrogens with zero attached hydrogens (tertiary/aromatic N) is 4. The second kappa shape index (κ2) is 17.6. The van der Waals surface area contributed by atoms with Crippen LogP contribution in [0.15, 0.2) is 60.4 Å². The Morgan fingerprint density at radius 3 is 2.77 bits per heavy atom. The van der Waals surface area contributed by atoms with Gasteiger partial charge in [0, 0.05) is 81.1 Å². The van der Waals surface area contributed by atoms with E-state index in [1.807, 2.05) is 54.6 Å². The van der Waals surface area contributed by atoms with E-state index in [1.54, 1.807) is 11.3 Å². The Kier molecular flexibility index (Phi) is 11.9. The lowest BCUT2D eigenvalue weighted by Gasteiger charge is -2.16. The third-order valence-electron chi connectivity index (χ3n) is 10.8. The van der Waals surface area contributed by atoms with Gasteiger partial charge in [-0.2, -0.15) is 11.8 Å². The van der Waals surface area contributed by atoms with E-state index >= 15 is 0 Å². The predicted molar refractivity (Wildman–Crippen MR) is 228 cm³/mol. The molecule has 298 valence electrons. The minimum absolute atomic E-state index is 0.0633. The maximum atomic E-state index is 12.7. The van der Waals surface area contributed by atoms with E-state index in [0.29, 0.717) is 61.4 Å². The number of urea groups is 1. The zero-order valence-electron chi connectivity index (χ0n) is 32.3. The summed E-state index contributed by atoms with van der Waals surface area (Å²) >= 11 is 3.59. The number of hydrogen-bond acceptors (Lipinski definition) is 10. The SMILES string of the molecule is CC(C)n1cnc2c(NCCc3c[nH]c4ccc(OC(=O)CCCCCNC(=O)CCCC[C@@H]5SCC6NC(=O)NC65)cc34)nc(-c3csc4ccccc34)nc21. The largest absolute Gasteiger partial charge is 0.427 e. The Morgan fingerprint density at radius 1 is 1.00 bits per heavy atom. The van der Waals surface area contributed by atoms with E-state index in [0.717, 1.165) is 76.4 Å². The van der Waals surface area contributed by atoms with Gasteiger partial charge in [0.2, 0.25) is 5.91 Å². The Hall–Kier alpha value is -5.15. The van der Waals surface area contributed by atoms with E-state index in [1.165, 1.54) is 4.70 Å². The van der Waals surface area contributed by atoms with Gasteiger partial charge in [-0.3, -0.25) is 9.59 Å². The number of anilines is 1. The number of aromatic amines is 1. The van der Waals surface area contributed by atoms with Crippen LogP contribution < -0.4 is 26.0 Å². The maximum Gasteiger partial charge on any atom is 0.315 e. The average Bonchev–Trinajstić information content (AvgIpc) is 4.04. The van der Waals surface area contributed by atoms with Crippen LogP contribution in [0.2, 0.25) is 0 Å². The first-order valence-corrected chi connectivity index (χ1v) is 21.9. The number of aromatic nitrogens is 5. The summed E-state index contributed by atoms with van der Waals surface area (Å²) in [6, 6.07) is 14.6.